The molecule has 0 aliphatic heterocycles. The molecule has 7 heteroatoms. The second kappa shape index (κ2) is 9.41. The first-order valence-corrected chi connectivity index (χ1v) is 8.78. The number of ether oxygens (including phenoxy) is 1. The zero-order valence-corrected chi connectivity index (χ0v) is 15.1. The van der Waals surface area contributed by atoms with Gasteiger partial charge in [0.2, 0.25) is 0 Å². The molecule has 0 saturated carbocycles. The summed E-state index contributed by atoms with van der Waals surface area (Å²) in [7, 11) is 0. The number of benzene rings is 1. The Hall–Kier alpha value is -1.54. The van der Waals surface area contributed by atoms with Crippen LogP contribution in [0.5, 0.6) is 5.75 Å². The standard InChI is InChI=1S/C19H27F2NO4/c1-11-7-14(21)8-12(2)19(11)26-6-4-3-5-22-15-9-13(10-20)16(23)18(25)17(15)24/h7-9,15-18,22-25H,3-6,10H2,1-2H3/t15-,16+,17+,18+/m1/s1. The number of nitrogens with one attached hydrogen (secondary N) is 1. The van der Waals surface area contributed by atoms with E-state index in [0.717, 1.165) is 24.0 Å². The first kappa shape index (κ1) is 20.8. The van der Waals surface area contributed by atoms with Crippen LogP contribution >= 0.6 is 0 Å². The predicted molar refractivity (Wildman–Crippen MR) is 94.5 cm³/mol. The molecule has 0 unspecified atom stereocenters. The van der Waals surface area contributed by atoms with Gasteiger partial charge in [-0.1, -0.05) is 6.08 Å². The molecule has 0 saturated heterocycles. The van der Waals surface area contributed by atoms with Gasteiger partial charge in [0.1, 0.15) is 36.6 Å². The molecule has 0 heterocycles. The van der Waals surface area contributed by atoms with Crippen molar-refractivity contribution in [1.29, 1.82) is 0 Å². The van der Waals surface area contributed by atoms with Gasteiger partial charge in [-0.2, -0.15) is 0 Å². The van der Waals surface area contributed by atoms with Crippen LogP contribution in [0, 0.1) is 19.7 Å². The van der Waals surface area contributed by atoms with Gasteiger partial charge < -0.3 is 25.4 Å². The average Bonchev–Trinajstić information content (AvgIpc) is 2.59. The number of aryl methyl sites for hydroxylation is 2. The topological polar surface area (TPSA) is 82.0 Å². The van der Waals surface area contributed by atoms with Gasteiger partial charge in [-0.15, -0.1) is 0 Å². The van der Waals surface area contributed by atoms with E-state index in [1.54, 1.807) is 13.8 Å². The second-order valence-electron chi connectivity index (χ2n) is 6.71. The van der Waals surface area contributed by atoms with Gasteiger partial charge in [0, 0.05) is 0 Å². The number of halogens is 2. The summed E-state index contributed by atoms with van der Waals surface area (Å²) in [6.07, 6.45) is -1.07. The fourth-order valence-electron chi connectivity index (χ4n) is 3.14. The van der Waals surface area contributed by atoms with Crippen LogP contribution in [0.1, 0.15) is 24.0 Å². The number of aliphatic hydroxyl groups is 3. The van der Waals surface area contributed by atoms with Crippen molar-refractivity contribution in [1.82, 2.24) is 5.32 Å². The minimum atomic E-state index is -1.41. The van der Waals surface area contributed by atoms with Crippen LogP contribution in [0.25, 0.3) is 0 Å². The van der Waals surface area contributed by atoms with E-state index in [4.69, 9.17) is 4.74 Å². The fourth-order valence-corrected chi connectivity index (χ4v) is 3.14. The monoisotopic (exact) mass is 371 g/mol. The molecule has 1 aliphatic carbocycles. The third-order valence-corrected chi connectivity index (χ3v) is 4.59. The number of unbranched alkanes of at least 4 members (excludes halogenated alkanes) is 1. The number of aliphatic hydroxyl groups excluding tert-OH is 3. The van der Waals surface area contributed by atoms with Crippen molar-refractivity contribution in [3.05, 3.63) is 40.7 Å². The van der Waals surface area contributed by atoms with Gasteiger partial charge in [0.25, 0.3) is 0 Å². The molecule has 0 aromatic heterocycles. The highest BCUT2D eigenvalue weighted by atomic mass is 19.1. The highest BCUT2D eigenvalue weighted by Gasteiger charge is 2.36. The van der Waals surface area contributed by atoms with Gasteiger partial charge >= 0.3 is 0 Å². The van der Waals surface area contributed by atoms with Crippen LogP contribution in [0.4, 0.5) is 8.78 Å². The Labute approximate surface area is 152 Å². The second-order valence-corrected chi connectivity index (χ2v) is 6.71. The van der Waals surface area contributed by atoms with Crippen LogP contribution in [0.2, 0.25) is 0 Å². The van der Waals surface area contributed by atoms with Crippen molar-refractivity contribution in [3.63, 3.8) is 0 Å². The summed E-state index contributed by atoms with van der Waals surface area (Å²) in [4.78, 5) is 0. The summed E-state index contributed by atoms with van der Waals surface area (Å²) in [5, 5.41) is 32.4. The largest absolute Gasteiger partial charge is 0.493 e. The molecule has 2 rings (SSSR count). The molecule has 4 N–H and O–H groups in total. The van der Waals surface area contributed by atoms with E-state index < -0.39 is 31.0 Å². The highest BCUT2D eigenvalue weighted by Crippen LogP contribution is 2.24. The van der Waals surface area contributed by atoms with E-state index >= 15 is 0 Å². The zero-order chi connectivity index (χ0) is 19.3. The Bertz CT molecular complexity index is 615. The van der Waals surface area contributed by atoms with Gasteiger partial charge in [-0.3, -0.25) is 0 Å². The fraction of sp³-hybridized carbons (Fsp3) is 0.579. The summed E-state index contributed by atoms with van der Waals surface area (Å²) >= 11 is 0. The van der Waals surface area contributed by atoms with Crippen LogP contribution in [0.3, 0.4) is 0 Å². The van der Waals surface area contributed by atoms with Crippen molar-refractivity contribution >= 4 is 0 Å². The lowest BCUT2D eigenvalue weighted by molar-refractivity contribution is -0.0628. The minimum Gasteiger partial charge on any atom is -0.493 e. The lowest BCUT2D eigenvalue weighted by atomic mass is 9.88. The number of hydrogen-bond donors (Lipinski definition) is 4. The minimum absolute atomic E-state index is 0.0749. The lowest BCUT2D eigenvalue weighted by Gasteiger charge is -2.34. The Kier molecular flexibility index (Phi) is 7.52. The van der Waals surface area contributed by atoms with Crippen LogP contribution < -0.4 is 10.1 Å². The Morgan fingerprint density at radius 1 is 1.08 bits per heavy atom. The first-order chi connectivity index (χ1) is 12.3. The van der Waals surface area contributed by atoms with Gasteiger partial charge in [0.05, 0.1) is 12.6 Å². The van der Waals surface area contributed by atoms with E-state index in [0.29, 0.717) is 18.9 Å². The summed E-state index contributed by atoms with van der Waals surface area (Å²) in [6.45, 7) is 3.73. The summed E-state index contributed by atoms with van der Waals surface area (Å²) in [6, 6.07) is 2.26. The summed E-state index contributed by atoms with van der Waals surface area (Å²) in [5.74, 6) is 0.408. The normalized spacial score (nSPS) is 25.9. The maximum atomic E-state index is 13.3. The molecule has 0 spiro atoms. The third kappa shape index (κ3) is 5.01. The predicted octanol–water partition coefficient (Wildman–Crippen LogP) is 1.55. The van der Waals surface area contributed by atoms with Crippen molar-refractivity contribution in [2.45, 2.75) is 51.0 Å². The summed E-state index contributed by atoms with van der Waals surface area (Å²) < 4.78 is 31.8. The van der Waals surface area contributed by atoms with Crippen molar-refractivity contribution in [3.8, 4) is 5.75 Å². The zero-order valence-electron chi connectivity index (χ0n) is 15.1. The molecular weight excluding hydrogens is 344 g/mol. The molecule has 1 aliphatic rings. The Morgan fingerprint density at radius 2 is 1.73 bits per heavy atom. The Balaban J connectivity index is 1.75. The molecule has 146 valence electrons. The van der Waals surface area contributed by atoms with Crippen molar-refractivity contribution < 1.29 is 28.8 Å². The number of hydrogen-bond acceptors (Lipinski definition) is 5. The average molecular weight is 371 g/mol. The molecule has 0 radical (unpaired) electrons. The molecular formula is C19H27F2NO4. The van der Waals surface area contributed by atoms with E-state index in [-0.39, 0.29) is 11.4 Å². The smallest absolute Gasteiger partial charge is 0.125 e. The maximum Gasteiger partial charge on any atom is 0.125 e. The molecule has 4 atom stereocenters. The number of rotatable bonds is 8. The summed E-state index contributed by atoms with van der Waals surface area (Å²) in [5.41, 5.74) is 1.58. The lowest BCUT2D eigenvalue weighted by Crippen LogP contribution is -2.54. The van der Waals surface area contributed by atoms with Crippen LogP contribution in [-0.2, 0) is 0 Å². The number of alkyl halides is 1. The molecule has 26 heavy (non-hydrogen) atoms. The van der Waals surface area contributed by atoms with Gasteiger partial charge in [-0.25, -0.2) is 8.78 Å². The van der Waals surface area contributed by atoms with Crippen molar-refractivity contribution in [2.24, 2.45) is 0 Å². The molecule has 1 aromatic rings. The molecule has 0 fully saturated rings. The third-order valence-electron chi connectivity index (χ3n) is 4.59. The quantitative estimate of drug-likeness (QED) is 0.412. The van der Waals surface area contributed by atoms with Gasteiger partial charge in [-0.05, 0) is 62.1 Å². The maximum absolute atomic E-state index is 13.3. The van der Waals surface area contributed by atoms with E-state index in [1.165, 1.54) is 18.2 Å². The van der Waals surface area contributed by atoms with E-state index in [9.17, 15) is 24.1 Å². The van der Waals surface area contributed by atoms with Crippen molar-refractivity contribution in [2.75, 3.05) is 19.8 Å². The molecule has 5 nitrogen and oxygen atoms in total. The molecule has 1 aromatic carbocycles. The molecule has 0 amide bonds. The highest BCUT2D eigenvalue weighted by molar-refractivity contribution is 5.40. The molecule has 0 bridgehead atoms. The first-order valence-electron chi connectivity index (χ1n) is 8.78. The SMILES string of the molecule is Cc1cc(F)cc(C)c1OCCCCN[C@@H]1C=C(CF)[C@H](O)[C@H](O)[C@H]1O. The van der Waals surface area contributed by atoms with E-state index in [1.807, 2.05) is 0 Å². The van der Waals surface area contributed by atoms with Crippen LogP contribution in [0.15, 0.2) is 23.8 Å². The van der Waals surface area contributed by atoms with E-state index in [2.05, 4.69) is 5.32 Å². The van der Waals surface area contributed by atoms with Gasteiger partial charge in [0.15, 0.2) is 0 Å². The Morgan fingerprint density at radius 3 is 2.35 bits per heavy atom. The van der Waals surface area contributed by atoms with Crippen LogP contribution in [-0.4, -0.2) is 59.5 Å².